The van der Waals surface area contributed by atoms with Crippen LogP contribution in [0.1, 0.15) is 18.4 Å². The van der Waals surface area contributed by atoms with E-state index in [1.807, 2.05) is 0 Å². The van der Waals surface area contributed by atoms with Crippen LogP contribution >= 0.6 is 0 Å². The number of hydrogen-bond acceptors (Lipinski definition) is 5. The highest BCUT2D eigenvalue weighted by Crippen LogP contribution is 2.32. The standard InChI is InChI=1S/C12H13F2NO5/c1-6(12(17)20-2)8(5-15(18)19)11-9(13)3-7(16)4-10(11)14/h3-4,6,8,16H,5H2,1-2H3/t6?,8-/m1/s1. The molecule has 0 spiro atoms. The zero-order valence-corrected chi connectivity index (χ0v) is 10.8. The van der Waals surface area contributed by atoms with Gasteiger partial charge in [-0.3, -0.25) is 14.9 Å². The predicted octanol–water partition coefficient (Wildman–Crippen LogP) is 1.84. The first-order valence-corrected chi connectivity index (χ1v) is 5.65. The summed E-state index contributed by atoms with van der Waals surface area (Å²) in [5, 5.41) is 19.7. The highest BCUT2D eigenvalue weighted by atomic mass is 19.1. The van der Waals surface area contributed by atoms with Gasteiger partial charge in [-0.15, -0.1) is 0 Å². The van der Waals surface area contributed by atoms with Gasteiger partial charge in [0, 0.05) is 22.6 Å². The summed E-state index contributed by atoms with van der Waals surface area (Å²) in [6.45, 7) is 0.445. The Hall–Kier alpha value is -2.25. The minimum absolute atomic E-state index is 0.614. The van der Waals surface area contributed by atoms with Crippen molar-refractivity contribution in [1.29, 1.82) is 0 Å². The maximum Gasteiger partial charge on any atom is 0.309 e. The molecule has 0 bridgehead atoms. The molecule has 6 nitrogen and oxygen atoms in total. The van der Waals surface area contributed by atoms with Crippen molar-refractivity contribution in [3.8, 4) is 5.75 Å². The van der Waals surface area contributed by atoms with Crippen LogP contribution in [-0.2, 0) is 9.53 Å². The molecular weight excluding hydrogens is 276 g/mol. The van der Waals surface area contributed by atoms with Crippen LogP contribution in [0.2, 0.25) is 0 Å². The Morgan fingerprint density at radius 1 is 1.45 bits per heavy atom. The first-order chi connectivity index (χ1) is 9.27. The molecule has 110 valence electrons. The van der Waals surface area contributed by atoms with Gasteiger partial charge in [0.15, 0.2) is 0 Å². The Balaban J connectivity index is 3.31. The zero-order chi connectivity index (χ0) is 15.4. The Kier molecular flexibility index (Phi) is 4.95. The fourth-order valence-corrected chi connectivity index (χ4v) is 1.94. The van der Waals surface area contributed by atoms with E-state index in [4.69, 9.17) is 5.11 Å². The fraction of sp³-hybridized carbons (Fsp3) is 0.417. The van der Waals surface area contributed by atoms with Gasteiger partial charge >= 0.3 is 5.97 Å². The van der Waals surface area contributed by atoms with Crippen LogP contribution in [0, 0.1) is 27.7 Å². The van der Waals surface area contributed by atoms with E-state index in [-0.39, 0.29) is 0 Å². The van der Waals surface area contributed by atoms with Crippen molar-refractivity contribution in [3.63, 3.8) is 0 Å². The first-order valence-electron chi connectivity index (χ1n) is 5.65. The minimum Gasteiger partial charge on any atom is -0.508 e. The monoisotopic (exact) mass is 289 g/mol. The first kappa shape index (κ1) is 15.8. The van der Waals surface area contributed by atoms with E-state index in [1.54, 1.807) is 0 Å². The van der Waals surface area contributed by atoms with Crippen LogP contribution < -0.4 is 0 Å². The van der Waals surface area contributed by atoms with E-state index in [1.165, 1.54) is 6.92 Å². The molecule has 8 heteroatoms. The number of ether oxygens (including phenoxy) is 1. The van der Waals surface area contributed by atoms with Crippen molar-refractivity contribution in [2.24, 2.45) is 5.92 Å². The second-order valence-corrected chi connectivity index (χ2v) is 4.26. The number of halogens is 2. The highest BCUT2D eigenvalue weighted by Gasteiger charge is 2.35. The van der Waals surface area contributed by atoms with Gasteiger partial charge in [0.05, 0.1) is 18.9 Å². The van der Waals surface area contributed by atoms with Crippen LogP contribution in [-0.4, -0.2) is 29.7 Å². The fourth-order valence-electron chi connectivity index (χ4n) is 1.94. The third-order valence-electron chi connectivity index (χ3n) is 2.96. The lowest BCUT2D eigenvalue weighted by molar-refractivity contribution is -0.484. The van der Waals surface area contributed by atoms with Gasteiger partial charge in [0.2, 0.25) is 6.54 Å². The number of esters is 1. The van der Waals surface area contributed by atoms with Gasteiger partial charge in [0.25, 0.3) is 0 Å². The number of phenolic OH excluding ortho intramolecular Hbond substituents is 1. The van der Waals surface area contributed by atoms with Gasteiger partial charge in [-0.2, -0.15) is 0 Å². The van der Waals surface area contributed by atoms with Crippen LogP contribution in [0.3, 0.4) is 0 Å². The molecule has 0 saturated heterocycles. The van der Waals surface area contributed by atoms with Crippen molar-refractivity contribution >= 4 is 5.97 Å². The van der Waals surface area contributed by atoms with Gasteiger partial charge < -0.3 is 9.84 Å². The molecule has 0 aliphatic heterocycles. The molecule has 2 atom stereocenters. The number of hydrogen-bond donors (Lipinski definition) is 1. The lowest BCUT2D eigenvalue weighted by Crippen LogP contribution is -2.28. The number of benzene rings is 1. The molecule has 0 radical (unpaired) electrons. The Labute approximate surface area is 113 Å². The quantitative estimate of drug-likeness (QED) is 0.507. The predicted molar refractivity (Wildman–Crippen MR) is 63.8 cm³/mol. The van der Waals surface area contributed by atoms with Crippen molar-refractivity contribution in [2.45, 2.75) is 12.8 Å². The number of aromatic hydroxyl groups is 1. The molecule has 0 heterocycles. The molecule has 0 aliphatic rings. The largest absolute Gasteiger partial charge is 0.508 e. The van der Waals surface area contributed by atoms with E-state index in [0.29, 0.717) is 12.1 Å². The number of nitrogens with zero attached hydrogens (tertiary/aromatic N) is 1. The Bertz CT molecular complexity index is 512. The average Bonchev–Trinajstić information content (AvgIpc) is 2.34. The number of nitro groups is 1. The summed E-state index contributed by atoms with van der Waals surface area (Å²) >= 11 is 0. The zero-order valence-electron chi connectivity index (χ0n) is 10.8. The average molecular weight is 289 g/mol. The Morgan fingerprint density at radius 2 is 1.95 bits per heavy atom. The summed E-state index contributed by atoms with van der Waals surface area (Å²) in [7, 11) is 1.07. The maximum atomic E-state index is 13.8. The summed E-state index contributed by atoms with van der Waals surface area (Å²) < 4.78 is 32.0. The molecular formula is C12H13F2NO5. The second-order valence-electron chi connectivity index (χ2n) is 4.26. The molecule has 1 N–H and O–H groups in total. The number of rotatable bonds is 5. The van der Waals surface area contributed by atoms with E-state index in [9.17, 15) is 23.7 Å². The molecule has 0 amide bonds. The third-order valence-corrected chi connectivity index (χ3v) is 2.96. The normalized spacial score (nSPS) is 13.6. The molecule has 20 heavy (non-hydrogen) atoms. The number of carbonyl (C=O) groups is 1. The SMILES string of the molecule is COC(=O)C(C)[C@@H](C[N+](=O)[O-])c1c(F)cc(O)cc1F. The van der Waals surface area contributed by atoms with Crippen LogP contribution in [0.15, 0.2) is 12.1 Å². The Morgan fingerprint density at radius 3 is 2.35 bits per heavy atom. The molecule has 1 unspecified atom stereocenters. The third kappa shape index (κ3) is 3.40. The van der Waals surface area contributed by atoms with Crippen molar-refractivity contribution in [2.75, 3.05) is 13.7 Å². The molecule has 0 aromatic heterocycles. The highest BCUT2D eigenvalue weighted by molar-refractivity contribution is 5.73. The van der Waals surface area contributed by atoms with Crippen LogP contribution in [0.25, 0.3) is 0 Å². The summed E-state index contributed by atoms with van der Waals surface area (Å²) in [5.41, 5.74) is -0.614. The molecule has 1 aromatic carbocycles. The summed E-state index contributed by atoms with van der Waals surface area (Å²) in [6.07, 6.45) is 0. The number of methoxy groups -OCH3 is 1. The van der Waals surface area contributed by atoms with Crippen molar-refractivity contribution in [1.82, 2.24) is 0 Å². The lowest BCUT2D eigenvalue weighted by Gasteiger charge is -2.20. The summed E-state index contributed by atoms with van der Waals surface area (Å²) in [5.74, 6) is -6.20. The molecule has 1 rings (SSSR count). The van der Waals surface area contributed by atoms with E-state index < -0.39 is 52.2 Å². The topological polar surface area (TPSA) is 89.7 Å². The van der Waals surface area contributed by atoms with Crippen LogP contribution in [0.5, 0.6) is 5.75 Å². The van der Waals surface area contributed by atoms with Gasteiger partial charge in [-0.25, -0.2) is 8.78 Å². The smallest absolute Gasteiger partial charge is 0.309 e. The van der Waals surface area contributed by atoms with Gasteiger partial charge in [-0.1, -0.05) is 6.92 Å². The van der Waals surface area contributed by atoms with Gasteiger partial charge in [0.1, 0.15) is 17.4 Å². The van der Waals surface area contributed by atoms with E-state index >= 15 is 0 Å². The van der Waals surface area contributed by atoms with E-state index in [0.717, 1.165) is 7.11 Å². The molecule has 1 aromatic rings. The number of phenols is 1. The lowest BCUT2D eigenvalue weighted by atomic mass is 9.86. The molecule has 0 saturated carbocycles. The van der Waals surface area contributed by atoms with E-state index in [2.05, 4.69) is 4.74 Å². The van der Waals surface area contributed by atoms with Crippen molar-refractivity contribution < 1.29 is 28.3 Å². The summed E-state index contributed by atoms with van der Waals surface area (Å²) in [6, 6.07) is 1.27. The number of carbonyl (C=O) groups excluding carboxylic acids is 1. The van der Waals surface area contributed by atoms with Crippen LogP contribution in [0.4, 0.5) is 8.78 Å². The minimum atomic E-state index is -1.34. The molecule has 0 aliphatic carbocycles. The second kappa shape index (κ2) is 6.27. The van der Waals surface area contributed by atoms with Gasteiger partial charge in [-0.05, 0) is 0 Å². The maximum absolute atomic E-state index is 13.8. The molecule has 0 fully saturated rings. The summed E-state index contributed by atoms with van der Waals surface area (Å²) in [4.78, 5) is 21.3. The van der Waals surface area contributed by atoms with Crippen molar-refractivity contribution in [3.05, 3.63) is 39.4 Å².